The number of carbonyl (C=O) groups is 1. The van der Waals surface area contributed by atoms with Crippen molar-refractivity contribution in [2.24, 2.45) is 5.92 Å². The molecule has 1 aliphatic heterocycles. The van der Waals surface area contributed by atoms with E-state index in [0.717, 1.165) is 43.8 Å². The zero-order valence-corrected chi connectivity index (χ0v) is 19.5. The molecule has 0 spiro atoms. The molecule has 166 valence electrons. The van der Waals surface area contributed by atoms with Crippen molar-refractivity contribution in [2.75, 3.05) is 32.6 Å². The Labute approximate surface area is 179 Å². The summed E-state index contributed by atoms with van der Waals surface area (Å²) < 4.78 is 32.3. The SMILES string of the molecule is COCCS(=O)(=O)c1ccc2c(c1)nc(C(C)(C)C)n2CC1CCN(C(C)=O)CC1. The van der Waals surface area contributed by atoms with Gasteiger partial charge in [0.05, 0.1) is 28.3 Å². The number of nitrogens with zero attached hydrogens (tertiary/aromatic N) is 3. The number of rotatable bonds is 6. The van der Waals surface area contributed by atoms with Crippen molar-refractivity contribution in [3.05, 3.63) is 24.0 Å². The number of imidazole rings is 1. The molecule has 0 radical (unpaired) electrons. The van der Waals surface area contributed by atoms with Gasteiger partial charge < -0.3 is 14.2 Å². The monoisotopic (exact) mass is 435 g/mol. The quantitative estimate of drug-likeness (QED) is 0.697. The normalized spacial score (nSPS) is 16.4. The van der Waals surface area contributed by atoms with Crippen LogP contribution < -0.4 is 0 Å². The number of carbonyl (C=O) groups excluding carboxylic acids is 1. The van der Waals surface area contributed by atoms with Crippen LogP contribution in [0.3, 0.4) is 0 Å². The lowest BCUT2D eigenvalue weighted by atomic mass is 9.93. The standard InChI is InChI=1S/C22H33N3O4S/c1-16(26)24-10-8-17(9-11-24)15-25-20-7-6-18(30(27,28)13-12-29-5)14-19(20)23-21(25)22(2,3)4/h6-7,14,17H,8-13,15H2,1-5H3. The van der Waals surface area contributed by atoms with E-state index in [9.17, 15) is 13.2 Å². The Morgan fingerprint density at radius 3 is 2.47 bits per heavy atom. The Bertz CT molecular complexity index is 1010. The molecule has 0 aliphatic carbocycles. The lowest BCUT2D eigenvalue weighted by Crippen LogP contribution is -2.38. The van der Waals surface area contributed by atoms with Gasteiger partial charge in [-0.25, -0.2) is 13.4 Å². The molecule has 0 unspecified atom stereocenters. The van der Waals surface area contributed by atoms with E-state index in [0.29, 0.717) is 11.4 Å². The van der Waals surface area contributed by atoms with Crippen molar-refractivity contribution in [3.63, 3.8) is 0 Å². The molecule has 30 heavy (non-hydrogen) atoms. The van der Waals surface area contributed by atoms with E-state index in [1.54, 1.807) is 19.1 Å². The van der Waals surface area contributed by atoms with E-state index in [2.05, 4.69) is 25.3 Å². The maximum absolute atomic E-state index is 12.6. The van der Waals surface area contributed by atoms with Crippen molar-refractivity contribution in [2.45, 2.75) is 57.4 Å². The number of hydrogen-bond acceptors (Lipinski definition) is 5. The van der Waals surface area contributed by atoms with Crippen molar-refractivity contribution < 1.29 is 17.9 Å². The van der Waals surface area contributed by atoms with Crippen LogP contribution in [0, 0.1) is 5.92 Å². The molecular weight excluding hydrogens is 402 g/mol. The summed E-state index contributed by atoms with van der Waals surface area (Å²) in [6, 6.07) is 5.24. The fourth-order valence-electron chi connectivity index (χ4n) is 4.06. The third kappa shape index (κ3) is 4.86. The summed E-state index contributed by atoms with van der Waals surface area (Å²) in [6.07, 6.45) is 1.93. The van der Waals surface area contributed by atoms with Crippen LogP contribution >= 0.6 is 0 Å². The lowest BCUT2D eigenvalue weighted by molar-refractivity contribution is -0.130. The molecule has 1 aliphatic rings. The van der Waals surface area contributed by atoms with Crippen LogP contribution in [0.5, 0.6) is 0 Å². The molecule has 1 fully saturated rings. The van der Waals surface area contributed by atoms with E-state index >= 15 is 0 Å². The number of likely N-dealkylation sites (tertiary alicyclic amines) is 1. The molecular formula is C22H33N3O4S. The Hall–Kier alpha value is -1.93. The van der Waals surface area contributed by atoms with Gasteiger partial charge >= 0.3 is 0 Å². The number of piperidine rings is 1. The van der Waals surface area contributed by atoms with Gasteiger partial charge in [0.2, 0.25) is 5.91 Å². The molecule has 7 nitrogen and oxygen atoms in total. The predicted molar refractivity (Wildman–Crippen MR) is 117 cm³/mol. The van der Waals surface area contributed by atoms with Gasteiger partial charge in [0, 0.05) is 39.1 Å². The number of benzene rings is 1. The van der Waals surface area contributed by atoms with E-state index in [-0.39, 0.29) is 28.6 Å². The minimum Gasteiger partial charge on any atom is -0.384 e. The van der Waals surface area contributed by atoms with E-state index in [4.69, 9.17) is 9.72 Å². The van der Waals surface area contributed by atoms with Gasteiger partial charge in [0.25, 0.3) is 0 Å². The second-order valence-electron chi connectivity index (χ2n) is 9.21. The van der Waals surface area contributed by atoms with Gasteiger partial charge in [0.15, 0.2) is 9.84 Å². The number of ether oxygens (including phenoxy) is 1. The summed E-state index contributed by atoms with van der Waals surface area (Å²) in [5, 5.41) is 0. The maximum atomic E-state index is 12.6. The summed E-state index contributed by atoms with van der Waals surface area (Å²) in [7, 11) is -1.91. The number of fused-ring (bicyclic) bond motifs is 1. The first-order valence-electron chi connectivity index (χ1n) is 10.5. The maximum Gasteiger partial charge on any atom is 0.219 e. The first-order chi connectivity index (χ1) is 14.0. The fraction of sp³-hybridized carbons (Fsp3) is 0.636. The molecule has 1 saturated heterocycles. The first kappa shape index (κ1) is 22.7. The first-order valence-corrected chi connectivity index (χ1v) is 12.2. The van der Waals surface area contributed by atoms with Gasteiger partial charge in [-0.1, -0.05) is 20.8 Å². The summed E-state index contributed by atoms with van der Waals surface area (Å²) >= 11 is 0. The summed E-state index contributed by atoms with van der Waals surface area (Å²) in [5.41, 5.74) is 1.49. The molecule has 2 aromatic rings. The van der Waals surface area contributed by atoms with Crippen molar-refractivity contribution in [1.82, 2.24) is 14.5 Å². The van der Waals surface area contributed by atoms with Crippen LogP contribution in [0.25, 0.3) is 11.0 Å². The van der Waals surface area contributed by atoms with Gasteiger partial charge in [0.1, 0.15) is 5.82 Å². The van der Waals surface area contributed by atoms with Crippen LogP contribution in [-0.2, 0) is 31.3 Å². The van der Waals surface area contributed by atoms with Crippen LogP contribution in [0.1, 0.15) is 46.4 Å². The second-order valence-corrected chi connectivity index (χ2v) is 11.3. The third-order valence-corrected chi connectivity index (χ3v) is 7.48. The van der Waals surface area contributed by atoms with Crippen LogP contribution in [-0.4, -0.2) is 61.3 Å². The molecule has 1 aromatic carbocycles. The minimum atomic E-state index is -3.41. The Morgan fingerprint density at radius 1 is 1.23 bits per heavy atom. The highest BCUT2D eigenvalue weighted by Gasteiger charge is 2.27. The highest BCUT2D eigenvalue weighted by Crippen LogP contribution is 2.30. The largest absolute Gasteiger partial charge is 0.384 e. The summed E-state index contributed by atoms with van der Waals surface area (Å²) in [6.45, 7) is 10.6. The van der Waals surface area contributed by atoms with Crippen LogP contribution in [0.15, 0.2) is 23.1 Å². The molecule has 0 bridgehead atoms. The number of aromatic nitrogens is 2. The van der Waals surface area contributed by atoms with E-state index < -0.39 is 9.84 Å². The number of methoxy groups -OCH3 is 1. The zero-order chi connectivity index (χ0) is 22.1. The van der Waals surface area contributed by atoms with Crippen molar-refractivity contribution >= 4 is 26.8 Å². The minimum absolute atomic E-state index is 0.0451. The molecule has 1 aromatic heterocycles. The highest BCUT2D eigenvalue weighted by atomic mass is 32.2. The topological polar surface area (TPSA) is 81.5 Å². The smallest absolute Gasteiger partial charge is 0.219 e. The predicted octanol–water partition coefficient (Wildman–Crippen LogP) is 3.01. The second kappa shape index (κ2) is 8.67. The average Bonchev–Trinajstić information content (AvgIpc) is 3.05. The van der Waals surface area contributed by atoms with E-state index in [1.165, 1.54) is 7.11 Å². The average molecular weight is 436 g/mol. The summed E-state index contributed by atoms with van der Waals surface area (Å²) in [5.74, 6) is 1.51. The van der Waals surface area contributed by atoms with Gasteiger partial charge in [-0.05, 0) is 37.0 Å². The lowest BCUT2D eigenvalue weighted by Gasteiger charge is -2.32. The van der Waals surface area contributed by atoms with Crippen LogP contribution in [0.4, 0.5) is 0 Å². The molecule has 0 saturated carbocycles. The Morgan fingerprint density at radius 2 is 1.90 bits per heavy atom. The third-order valence-electron chi connectivity index (χ3n) is 5.81. The zero-order valence-electron chi connectivity index (χ0n) is 18.6. The Kier molecular flexibility index (Phi) is 6.57. The molecule has 8 heteroatoms. The molecule has 2 heterocycles. The van der Waals surface area contributed by atoms with Gasteiger partial charge in [-0.15, -0.1) is 0 Å². The highest BCUT2D eigenvalue weighted by molar-refractivity contribution is 7.91. The van der Waals surface area contributed by atoms with Gasteiger partial charge in [-0.3, -0.25) is 4.79 Å². The number of sulfone groups is 1. The van der Waals surface area contributed by atoms with E-state index in [1.807, 2.05) is 11.0 Å². The van der Waals surface area contributed by atoms with Gasteiger partial charge in [-0.2, -0.15) is 0 Å². The van der Waals surface area contributed by atoms with Crippen molar-refractivity contribution in [3.8, 4) is 0 Å². The van der Waals surface area contributed by atoms with Crippen molar-refractivity contribution in [1.29, 1.82) is 0 Å². The molecule has 3 rings (SSSR count). The number of amides is 1. The summed E-state index contributed by atoms with van der Waals surface area (Å²) in [4.78, 5) is 18.7. The Balaban J connectivity index is 1.94. The molecule has 0 atom stereocenters. The van der Waals surface area contributed by atoms with Crippen LogP contribution in [0.2, 0.25) is 0 Å². The molecule has 1 amide bonds. The fourth-order valence-corrected chi connectivity index (χ4v) is 5.25. The number of hydrogen-bond donors (Lipinski definition) is 0. The molecule has 0 N–H and O–H groups in total.